The van der Waals surface area contributed by atoms with Crippen LogP contribution in [0.1, 0.15) is 44.3 Å². The molecule has 0 aliphatic heterocycles. The molecule has 1 aromatic rings. The van der Waals surface area contributed by atoms with E-state index < -0.39 is 6.04 Å². The van der Waals surface area contributed by atoms with Crippen molar-refractivity contribution in [1.29, 1.82) is 0 Å². The van der Waals surface area contributed by atoms with E-state index in [-0.39, 0.29) is 30.9 Å². The van der Waals surface area contributed by atoms with E-state index in [1.165, 1.54) is 17.5 Å². The first-order chi connectivity index (χ1) is 10.1. The van der Waals surface area contributed by atoms with E-state index in [9.17, 15) is 9.59 Å². The molecular formula is C13H22N6O2. The Hall–Kier alpha value is -1.96. The third-order valence-corrected chi connectivity index (χ3v) is 3.69. The molecule has 1 fully saturated rings. The quantitative estimate of drug-likeness (QED) is 0.652. The number of nitrogens with two attached hydrogens (primary N) is 1. The van der Waals surface area contributed by atoms with Crippen LogP contribution in [0.25, 0.3) is 0 Å². The molecule has 1 aliphatic carbocycles. The largest absolute Gasteiger partial charge is 0.352 e. The number of nitrogens with one attached hydrogen (secondary N) is 2. The van der Waals surface area contributed by atoms with Crippen molar-refractivity contribution in [2.24, 2.45) is 5.73 Å². The van der Waals surface area contributed by atoms with Crippen LogP contribution in [0, 0.1) is 0 Å². The molecule has 0 saturated heterocycles. The van der Waals surface area contributed by atoms with E-state index in [0.29, 0.717) is 5.69 Å². The number of nitrogens with zero attached hydrogens (tertiary/aromatic N) is 3. The smallest absolute Gasteiger partial charge is 0.244 e. The summed E-state index contributed by atoms with van der Waals surface area (Å²) in [6, 6.07) is -0.135. The van der Waals surface area contributed by atoms with Gasteiger partial charge >= 0.3 is 0 Å². The molecular weight excluding hydrogens is 272 g/mol. The highest BCUT2D eigenvalue weighted by molar-refractivity contribution is 5.80. The van der Waals surface area contributed by atoms with E-state index in [1.807, 2.05) is 0 Å². The predicted molar refractivity (Wildman–Crippen MR) is 76.0 cm³/mol. The summed E-state index contributed by atoms with van der Waals surface area (Å²) in [5.74, 6) is -0.305. The molecule has 1 aliphatic rings. The van der Waals surface area contributed by atoms with Crippen LogP contribution in [-0.4, -0.2) is 39.4 Å². The molecule has 8 nitrogen and oxygen atoms in total. The Morgan fingerprint density at radius 2 is 2.19 bits per heavy atom. The molecule has 1 atom stereocenters. The van der Waals surface area contributed by atoms with Crippen LogP contribution in [0.5, 0.6) is 0 Å². The van der Waals surface area contributed by atoms with Crippen molar-refractivity contribution < 1.29 is 9.59 Å². The van der Waals surface area contributed by atoms with Crippen molar-refractivity contribution in [2.75, 3.05) is 6.54 Å². The second-order valence-corrected chi connectivity index (χ2v) is 5.34. The van der Waals surface area contributed by atoms with Crippen LogP contribution >= 0.6 is 0 Å². The third-order valence-electron chi connectivity index (χ3n) is 3.69. The molecule has 0 radical (unpaired) electrons. The zero-order valence-corrected chi connectivity index (χ0v) is 12.2. The van der Waals surface area contributed by atoms with Crippen molar-refractivity contribution in [3.8, 4) is 0 Å². The van der Waals surface area contributed by atoms with E-state index >= 15 is 0 Å². The number of aromatic nitrogens is 3. The van der Waals surface area contributed by atoms with Gasteiger partial charge in [0.25, 0.3) is 0 Å². The molecule has 1 aromatic heterocycles. The summed E-state index contributed by atoms with van der Waals surface area (Å²) in [4.78, 5) is 23.2. The van der Waals surface area contributed by atoms with Gasteiger partial charge in [-0.15, -0.1) is 5.10 Å². The first kappa shape index (κ1) is 15.4. The van der Waals surface area contributed by atoms with Crippen LogP contribution in [-0.2, 0) is 16.1 Å². The topological polar surface area (TPSA) is 115 Å². The Morgan fingerprint density at radius 3 is 2.86 bits per heavy atom. The first-order valence-corrected chi connectivity index (χ1v) is 7.28. The molecule has 1 heterocycles. The van der Waals surface area contributed by atoms with Crippen molar-refractivity contribution in [3.63, 3.8) is 0 Å². The van der Waals surface area contributed by atoms with Gasteiger partial charge in [0.2, 0.25) is 11.8 Å². The summed E-state index contributed by atoms with van der Waals surface area (Å²) in [6.07, 6.45) is 6.11. The lowest BCUT2D eigenvalue weighted by Gasteiger charge is -2.16. The average Bonchev–Trinajstić information content (AvgIpc) is 3.15. The molecule has 2 rings (SSSR count). The molecule has 116 valence electrons. The van der Waals surface area contributed by atoms with E-state index in [4.69, 9.17) is 5.73 Å². The highest BCUT2D eigenvalue weighted by Gasteiger charge is 2.22. The molecule has 4 N–H and O–H groups in total. The number of carbonyl (C=O) groups excluding carboxylic acids is 2. The lowest BCUT2D eigenvalue weighted by molar-refractivity contribution is -0.125. The van der Waals surface area contributed by atoms with Gasteiger partial charge in [0.15, 0.2) is 0 Å². The van der Waals surface area contributed by atoms with Gasteiger partial charge in [-0.2, -0.15) is 0 Å². The van der Waals surface area contributed by atoms with Gasteiger partial charge in [0, 0.05) is 6.04 Å². The monoisotopic (exact) mass is 294 g/mol. The summed E-state index contributed by atoms with van der Waals surface area (Å²) < 4.78 is 1.51. The van der Waals surface area contributed by atoms with Crippen LogP contribution in [0.15, 0.2) is 6.20 Å². The van der Waals surface area contributed by atoms with Crippen LogP contribution in [0.3, 0.4) is 0 Å². The van der Waals surface area contributed by atoms with Gasteiger partial charge in [-0.3, -0.25) is 9.59 Å². The van der Waals surface area contributed by atoms with Gasteiger partial charge in [-0.05, 0) is 19.8 Å². The van der Waals surface area contributed by atoms with Crippen molar-refractivity contribution >= 4 is 11.8 Å². The lowest BCUT2D eigenvalue weighted by atomic mass is 10.2. The zero-order valence-electron chi connectivity index (χ0n) is 12.2. The number of rotatable bonds is 6. The summed E-state index contributed by atoms with van der Waals surface area (Å²) in [5, 5.41) is 13.5. The van der Waals surface area contributed by atoms with Crippen molar-refractivity contribution in [1.82, 2.24) is 25.6 Å². The first-order valence-electron chi connectivity index (χ1n) is 7.28. The minimum atomic E-state index is -0.419. The fraction of sp³-hybridized carbons (Fsp3) is 0.692. The summed E-state index contributed by atoms with van der Waals surface area (Å²) in [7, 11) is 0. The molecule has 1 saturated carbocycles. The second kappa shape index (κ2) is 7.16. The van der Waals surface area contributed by atoms with E-state index in [0.717, 1.165) is 12.8 Å². The summed E-state index contributed by atoms with van der Waals surface area (Å²) in [6.45, 7) is 1.97. The SMILES string of the molecule is CC(C(=O)NC1CCCC1)n1cc(CNC(=O)CN)nn1. The van der Waals surface area contributed by atoms with Crippen LogP contribution in [0.4, 0.5) is 0 Å². The average molecular weight is 294 g/mol. The van der Waals surface area contributed by atoms with Gasteiger partial charge in [-0.1, -0.05) is 18.1 Å². The highest BCUT2D eigenvalue weighted by Crippen LogP contribution is 2.18. The lowest BCUT2D eigenvalue weighted by Crippen LogP contribution is -2.37. The molecule has 0 bridgehead atoms. The Bertz CT molecular complexity index is 495. The minimum Gasteiger partial charge on any atom is -0.352 e. The van der Waals surface area contributed by atoms with E-state index in [2.05, 4.69) is 20.9 Å². The fourth-order valence-electron chi connectivity index (χ4n) is 2.36. The standard InChI is InChI=1S/C13H22N6O2/c1-9(13(21)16-10-4-2-3-5-10)19-8-11(17-18-19)7-15-12(20)6-14/h8-10H,2-7,14H2,1H3,(H,15,20)(H,16,21). The van der Waals surface area contributed by atoms with Crippen molar-refractivity contribution in [2.45, 2.75) is 51.2 Å². The fourth-order valence-corrected chi connectivity index (χ4v) is 2.36. The number of amides is 2. The Kier molecular flexibility index (Phi) is 5.26. The van der Waals surface area contributed by atoms with Crippen LogP contribution < -0.4 is 16.4 Å². The molecule has 0 spiro atoms. The number of carbonyl (C=O) groups is 2. The predicted octanol–water partition coefficient (Wildman–Crippen LogP) is -0.527. The number of hydrogen-bond donors (Lipinski definition) is 3. The van der Waals surface area contributed by atoms with Gasteiger partial charge < -0.3 is 16.4 Å². The summed E-state index contributed by atoms with van der Waals surface area (Å²) in [5.41, 5.74) is 5.80. The molecule has 1 unspecified atom stereocenters. The Morgan fingerprint density at radius 1 is 1.48 bits per heavy atom. The van der Waals surface area contributed by atoms with Gasteiger partial charge in [0.05, 0.1) is 19.3 Å². The number of hydrogen-bond acceptors (Lipinski definition) is 5. The summed E-state index contributed by atoms with van der Waals surface area (Å²) >= 11 is 0. The second-order valence-electron chi connectivity index (χ2n) is 5.34. The molecule has 21 heavy (non-hydrogen) atoms. The highest BCUT2D eigenvalue weighted by atomic mass is 16.2. The Labute approximate surface area is 123 Å². The minimum absolute atomic E-state index is 0.0515. The maximum atomic E-state index is 12.1. The maximum Gasteiger partial charge on any atom is 0.244 e. The van der Waals surface area contributed by atoms with Crippen LogP contribution in [0.2, 0.25) is 0 Å². The van der Waals surface area contributed by atoms with Crippen molar-refractivity contribution in [3.05, 3.63) is 11.9 Å². The zero-order chi connectivity index (χ0) is 15.2. The maximum absolute atomic E-state index is 12.1. The molecule has 0 aromatic carbocycles. The molecule has 8 heteroatoms. The third kappa shape index (κ3) is 4.25. The Balaban J connectivity index is 1.86. The van der Waals surface area contributed by atoms with E-state index in [1.54, 1.807) is 13.1 Å². The molecule has 2 amide bonds. The van der Waals surface area contributed by atoms with Gasteiger partial charge in [0.1, 0.15) is 11.7 Å². The normalized spacial score (nSPS) is 16.7. The van der Waals surface area contributed by atoms with Gasteiger partial charge in [-0.25, -0.2) is 4.68 Å².